The van der Waals surface area contributed by atoms with Gasteiger partial charge in [-0.2, -0.15) is 0 Å². The highest BCUT2D eigenvalue weighted by atomic mass is 35.5. The number of hydrogen-bond donors (Lipinski definition) is 2. The third-order valence-electron chi connectivity index (χ3n) is 3.14. The van der Waals surface area contributed by atoms with Crippen molar-refractivity contribution in [3.05, 3.63) is 64.7 Å². The van der Waals surface area contributed by atoms with E-state index in [1.165, 1.54) is 11.1 Å². The number of anilines is 1. The second-order valence-electron chi connectivity index (χ2n) is 4.49. The van der Waals surface area contributed by atoms with Gasteiger partial charge in [-0.1, -0.05) is 41.9 Å². The fraction of sp³-hybridized carbons (Fsp3) is 0.250. The van der Waals surface area contributed by atoms with E-state index < -0.39 is 0 Å². The van der Waals surface area contributed by atoms with E-state index in [4.69, 9.17) is 11.6 Å². The quantitative estimate of drug-likeness (QED) is 0.618. The molecule has 2 N–H and O–H groups in total. The molecule has 0 atom stereocenters. The zero-order valence-corrected chi connectivity index (χ0v) is 11.9. The number of halogens is 1. The van der Waals surface area contributed by atoms with Crippen molar-refractivity contribution in [2.75, 3.05) is 18.5 Å². The van der Waals surface area contributed by atoms with E-state index in [-0.39, 0.29) is 0 Å². The molecule has 0 aliphatic heterocycles. The molecule has 0 aliphatic rings. The van der Waals surface area contributed by atoms with E-state index >= 15 is 0 Å². The maximum Gasteiger partial charge on any atom is 0.0653 e. The summed E-state index contributed by atoms with van der Waals surface area (Å²) >= 11 is 6.10. The molecule has 0 aromatic heterocycles. The largest absolute Gasteiger partial charge is 0.372 e. The van der Waals surface area contributed by atoms with Crippen molar-refractivity contribution in [2.24, 2.45) is 0 Å². The van der Waals surface area contributed by atoms with E-state index in [1.54, 1.807) is 0 Å². The summed E-state index contributed by atoms with van der Waals surface area (Å²) in [5, 5.41) is 7.54. The topological polar surface area (TPSA) is 24.1 Å². The van der Waals surface area contributed by atoms with Gasteiger partial charge in [-0.3, -0.25) is 5.32 Å². The Kier molecular flexibility index (Phi) is 5.25. The molecule has 2 nitrogen and oxygen atoms in total. The first-order valence-electron chi connectivity index (χ1n) is 6.51. The Hall–Kier alpha value is -1.51. The molecule has 0 heterocycles. The lowest BCUT2D eigenvalue weighted by Crippen LogP contribution is -2.24. The maximum atomic E-state index is 6.10. The van der Waals surface area contributed by atoms with Crippen LogP contribution >= 0.6 is 11.6 Å². The maximum absolute atomic E-state index is 6.10. The molecule has 0 radical (unpaired) electrons. The monoisotopic (exact) mass is 274 g/mol. The van der Waals surface area contributed by atoms with Crippen LogP contribution in [-0.2, 0) is 6.42 Å². The van der Waals surface area contributed by atoms with E-state index in [2.05, 4.69) is 35.8 Å². The van der Waals surface area contributed by atoms with Gasteiger partial charge in [-0.25, -0.2) is 0 Å². The predicted octanol–water partition coefficient (Wildman–Crippen LogP) is 3.85. The van der Waals surface area contributed by atoms with Gasteiger partial charge < -0.3 is 5.32 Å². The molecule has 2 aromatic rings. The lowest BCUT2D eigenvalue weighted by Gasteiger charge is -2.10. The Labute approximate surface area is 119 Å². The Bertz CT molecular complexity index is 511. The highest BCUT2D eigenvalue weighted by molar-refractivity contribution is 6.31. The molecule has 0 saturated carbocycles. The molecule has 100 valence electrons. The van der Waals surface area contributed by atoms with Crippen molar-refractivity contribution in [1.29, 1.82) is 0 Å². The summed E-state index contributed by atoms with van der Waals surface area (Å²) in [4.78, 5) is 0. The third-order valence-corrected chi connectivity index (χ3v) is 3.55. The summed E-state index contributed by atoms with van der Waals surface area (Å²) in [5.41, 5.74) is 3.62. The molecule has 2 aromatic carbocycles. The summed E-state index contributed by atoms with van der Waals surface area (Å²) in [5.74, 6) is 0. The highest BCUT2D eigenvalue weighted by Gasteiger charge is 2.01. The molecule has 19 heavy (non-hydrogen) atoms. The minimum absolute atomic E-state index is 0.767. The minimum Gasteiger partial charge on any atom is -0.372 e. The molecule has 0 unspecified atom stereocenters. The summed E-state index contributed by atoms with van der Waals surface area (Å²) in [6.45, 7) is 3.77. The summed E-state index contributed by atoms with van der Waals surface area (Å²) in [6.07, 6.45) is 0.989. The lowest BCUT2D eigenvalue weighted by atomic mass is 10.1. The third kappa shape index (κ3) is 4.27. The van der Waals surface area contributed by atoms with E-state index in [0.29, 0.717) is 0 Å². The Morgan fingerprint density at radius 3 is 2.58 bits per heavy atom. The van der Waals surface area contributed by atoms with Crippen LogP contribution in [0.5, 0.6) is 0 Å². The van der Waals surface area contributed by atoms with Gasteiger partial charge in [-0.15, -0.1) is 0 Å². The summed E-state index contributed by atoms with van der Waals surface area (Å²) in [6, 6.07) is 16.3. The van der Waals surface area contributed by atoms with E-state index in [0.717, 1.165) is 30.3 Å². The van der Waals surface area contributed by atoms with Crippen LogP contribution in [0.2, 0.25) is 5.02 Å². The van der Waals surface area contributed by atoms with Crippen molar-refractivity contribution in [3.8, 4) is 0 Å². The Morgan fingerprint density at radius 1 is 1.00 bits per heavy atom. The first-order chi connectivity index (χ1) is 9.27. The average molecular weight is 275 g/mol. The van der Waals surface area contributed by atoms with E-state index in [1.807, 2.05) is 30.3 Å². The number of benzene rings is 2. The first kappa shape index (κ1) is 13.9. The van der Waals surface area contributed by atoms with Gasteiger partial charge in [0, 0.05) is 17.3 Å². The number of para-hydroxylation sites is 1. The Morgan fingerprint density at radius 2 is 1.79 bits per heavy atom. The smallest absolute Gasteiger partial charge is 0.0653 e. The standard InChI is InChI=1S/C16H19ClN2/c1-13-14(6-5-9-16(13)17)10-11-18-12-19-15-7-3-2-4-8-15/h2-9,18-19H,10-12H2,1H3. The number of rotatable bonds is 6. The van der Waals surface area contributed by atoms with Crippen LogP contribution in [0.15, 0.2) is 48.5 Å². The van der Waals surface area contributed by atoms with Gasteiger partial charge in [0.15, 0.2) is 0 Å². The fourth-order valence-electron chi connectivity index (χ4n) is 1.95. The molecule has 2 rings (SSSR count). The normalized spacial score (nSPS) is 10.4. The first-order valence-corrected chi connectivity index (χ1v) is 6.89. The SMILES string of the molecule is Cc1c(Cl)cccc1CCNCNc1ccccc1. The van der Waals surface area contributed by atoms with Gasteiger partial charge in [0.1, 0.15) is 0 Å². The Balaban J connectivity index is 1.71. The van der Waals surface area contributed by atoms with Crippen LogP contribution in [-0.4, -0.2) is 13.2 Å². The molecular formula is C16H19ClN2. The van der Waals surface area contributed by atoms with Crippen LogP contribution in [0.4, 0.5) is 5.69 Å². The fourth-order valence-corrected chi connectivity index (χ4v) is 2.15. The zero-order valence-electron chi connectivity index (χ0n) is 11.1. The van der Waals surface area contributed by atoms with Crippen molar-refractivity contribution >= 4 is 17.3 Å². The van der Waals surface area contributed by atoms with Crippen LogP contribution in [0, 0.1) is 6.92 Å². The molecule has 0 saturated heterocycles. The van der Waals surface area contributed by atoms with Crippen LogP contribution < -0.4 is 10.6 Å². The minimum atomic E-state index is 0.767. The van der Waals surface area contributed by atoms with Crippen molar-refractivity contribution in [3.63, 3.8) is 0 Å². The van der Waals surface area contributed by atoms with Crippen molar-refractivity contribution in [2.45, 2.75) is 13.3 Å². The van der Waals surface area contributed by atoms with Gasteiger partial charge >= 0.3 is 0 Å². The van der Waals surface area contributed by atoms with Gasteiger partial charge in [0.05, 0.1) is 6.67 Å². The van der Waals surface area contributed by atoms with Crippen LogP contribution in [0.3, 0.4) is 0 Å². The predicted molar refractivity (Wildman–Crippen MR) is 82.8 cm³/mol. The highest BCUT2D eigenvalue weighted by Crippen LogP contribution is 2.18. The lowest BCUT2D eigenvalue weighted by molar-refractivity contribution is 0.721. The van der Waals surface area contributed by atoms with Gasteiger partial charge in [0.2, 0.25) is 0 Å². The average Bonchev–Trinajstić information content (AvgIpc) is 2.44. The van der Waals surface area contributed by atoms with Gasteiger partial charge in [0.25, 0.3) is 0 Å². The molecule has 0 spiro atoms. The van der Waals surface area contributed by atoms with Crippen molar-refractivity contribution in [1.82, 2.24) is 5.32 Å². The molecule has 0 amide bonds. The second-order valence-corrected chi connectivity index (χ2v) is 4.90. The second kappa shape index (κ2) is 7.17. The van der Waals surface area contributed by atoms with E-state index in [9.17, 15) is 0 Å². The summed E-state index contributed by atoms with van der Waals surface area (Å²) < 4.78 is 0. The van der Waals surface area contributed by atoms with Gasteiger partial charge in [-0.05, 0) is 42.7 Å². The van der Waals surface area contributed by atoms with Crippen molar-refractivity contribution < 1.29 is 0 Å². The molecule has 0 bridgehead atoms. The molecule has 3 heteroatoms. The van der Waals surface area contributed by atoms with Crippen LogP contribution in [0.1, 0.15) is 11.1 Å². The summed E-state index contributed by atoms with van der Waals surface area (Å²) in [7, 11) is 0. The molecular weight excluding hydrogens is 256 g/mol. The number of hydrogen-bond acceptors (Lipinski definition) is 2. The zero-order chi connectivity index (χ0) is 13.5. The van der Waals surface area contributed by atoms with Crippen LogP contribution in [0.25, 0.3) is 0 Å². The molecule has 0 aliphatic carbocycles. The molecule has 0 fully saturated rings. The number of nitrogens with one attached hydrogen (secondary N) is 2.